The first-order chi connectivity index (χ1) is 9.49. The summed E-state index contributed by atoms with van der Waals surface area (Å²) < 4.78 is 19.0. The first-order valence-electron chi connectivity index (χ1n) is 5.71. The molecule has 0 saturated heterocycles. The quantitative estimate of drug-likeness (QED) is 0.484. The molecular formula is C14H10FNO4. The van der Waals surface area contributed by atoms with Crippen LogP contribution in [0.4, 0.5) is 10.1 Å². The Bertz CT molecular complexity index is 685. The van der Waals surface area contributed by atoms with Crippen molar-refractivity contribution in [2.24, 2.45) is 0 Å². The minimum atomic E-state index is -0.754. The number of para-hydroxylation sites is 2. The molecule has 0 N–H and O–H groups in total. The van der Waals surface area contributed by atoms with Gasteiger partial charge in [0.05, 0.1) is 4.92 Å². The number of benzene rings is 2. The van der Waals surface area contributed by atoms with Gasteiger partial charge >= 0.3 is 5.69 Å². The van der Waals surface area contributed by atoms with Crippen LogP contribution in [0.1, 0.15) is 17.3 Å². The second-order valence-corrected chi connectivity index (χ2v) is 4.03. The van der Waals surface area contributed by atoms with Crippen molar-refractivity contribution in [1.29, 1.82) is 0 Å². The van der Waals surface area contributed by atoms with E-state index in [1.807, 2.05) is 0 Å². The molecule has 2 rings (SSSR count). The lowest BCUT2D eigenvalue weighted by Gasteiger charge is -2.07. The molecule has 6 heteroatoms. The molecule has 0 spiro atoms. The average molecular weight is 275 g/mol. The van der Waals surface area contributed by atoms with Gasteiger partial charge in [0.1, 0.15) is 0 Å². The average Bonchev–Trinajstić information content (AvgIpc) is 2.41. The molecule has 0 bridgehead atoms. The molecule has 0 fully saturated rings. The maximum Gasteiger partial charge on any atom is 0.311 e. The van der Waals surface area contributed by atoms with Gasteiger partial charge in [-0.2, -0.15) is 0 Å². The molecule has 2 aromatic carbocycles. The van der Waals surface area contributed by atoms with Gasteiger partial charge in [-0.1, -0.05) is 12.1 Å². The molecular weight excluding hydrogens is 265 g/mol. The van der Waals surface area contributed by atoms with Gasteiger partial charge in [-0.3, -0.25) is 14.9 Å². The second-order valence-electron chi connectivity index (χ2n) is 4.03. The molecule has 0 aliphatic carbocycles. The highest BCUT2D eigenvalue weighted by molar-refractivity contribution is 5.94. The van der Waals surface area contributed by atoms with Crippen molar-refractivity contribution in [3.05, 3.63) is 64.0 Å². The van der Waals surface area contributed by atoms with Crippen LogP contribution in [-0.2, 0) is 0 Å². The molecule has 102 valence electrons. The number of nitrogens with zero attached hydrogens (tertiary/aromatic N) is 1. The Morgan fingerprint density at radius 1 is 1.20 bits per heavy atom. The molecule has 20 heavy (non-hydrogen) atoms. The van der Waals surface area contributed by atoms with Gasteiger partial charge in [0.25, 0.3) is 0 Å². The maximum atomic E-state index is 13.8. The van der Waals surface area contributed by atoms with Gasteiger partial charge in [-0.05, 0) is 31.2 Å². The first-order valence-corrected chi connectivity index (χ1v) is 5.71. The van der Waals surface area contributed by atoms with Gasteiger partial charge in [-0.15, -0.1) is 0 Å². The number of nitro benzene ring substituents is 1. The zero-order valence-electron chi connectivity index (χ0n) is 10.5. The minimum absolute atomic E-state index is 0.0630. The molecule has 2 aromatic rings. The largest absolute Gasteiger partial charge is 0.447 e. The fourth-order valence-corrected chi connectivity index (χ4v) is 1.62. The summed E-state index contributed by atoms with van der Waals surface area (Å²) >= 11 is 0. The van der Waals surface area contributed by atoms with Crippen molar-refractivity contribution in [3.8, 4) is 11.5 Å². The Hall–Kier alpha value is -2.76. The lowest BCUT2D eigenvalue weighted by molar-refractivity contribution is -0.385. The van der Waals surface area contributed by atoms with E-state index in [4.69, 9.17) is 4.74 Å². The number of rotatable bonds is 4. The lowest BCUT2D eigenvalue weighted by atomic mass is 10.1. The fraction of sp³-hybridized carbons (Fsp3) is 0.0714. The number of carbonyl (C=O) groups excluding carboxylic acids is 1. The lowest BCUT2D eigenvalue weighted by Crippen LogP contribution is -1.97. The highest BCUT2D eigenvalue weighted by atomic mass is 19.1. The third-order valence-corrected chi connectivity index (χ3v) is 2.62. The van der Waals surface area contributed by atoms with Crippen molar-refractivity contribution in [3.63, 3.8) is 0 Å². The van der Waals surface area contributed by atoms with Crippen LogP contribution in [0.3, 0.4) is 0 Å². The Kier molecular flexibility index (Phi) is 3.74. The van der Waals surface area contributed by atoms with E-state index in [1.165, 1.54) is 37.3 Å². The van der Waals surface area contributed by atoms with E-state index in [2.05, 4.69) is 0 Å². The Morgan fingerprint density at radius 3 is 2.50 bits per heavy atom. The number of halogens is 1. The number of hydrogen-bond acceptors (Lipinski definition) is 4. The van der Waals surface area contributed by atoms with Crippen LogP contribution < -0.4 is 4.74 Å². The Morgan fingerprint density at radius 2 is 1.90 bits per heavy atom. The number of hydrogen-bond donors (Lipinski definition) is 0. The van der Waals surface area contributed by atoms with Crippen LogP contribution in [-0.4, -0.2) is 10.7 Å². The van der Waals surface area contributed by atoms with Crippen molar-refractivity contribution in [2.75, 3.05) is 0 Å². The topological polar surface area (TPSA) is 69.4 Å². The van der Waals surface area contributed by atoms with Crippen LogP contribution in [0, 0.1) is 15.9 Å². The van der Waals surface area contributed by atoms with Crippen molar-refractivity contribution in [1.82, 2.24) is 0 Å². The SMILES string of the molecule is CC(=O)c1ccc(Oc2ccccc2[N+](=O)[O-])c(F)c1. The summed E-state index contributed by atoms with van der Waals surface area (Å²) in [5.41, 5.74) is -0.0556. The minimum Gasteiger partial charge on any atom is -0.447 e. The van der Waals surface area contributed by atoms with Crippen LogP contribution in [0.5, 0.6) is 11.5 Å². The molecule has 0 atom stereocenters. The third-order valence-electron chi connectivity index (χ3n) is 2.62. The van der Waals surface area contributed by atoms with E-state index in [0.717, 1.165) is 6.07 Å². The molecule has 0 aliphatic rings. The summed E-state index contributed by atoms with van der Waals surface area (Å²) in [5.74, 6) is -1.27. The Labute approximate surface area is 113 Å². The summed E-state index contributed by atoms with van der Waals surface area (Å²) in [6.45, 7) is 1.32. The predicted molar refractivity (Wildman–Crippen MR) is 69.6 cm³/mol. The summed E-state index contributed by atoms with van der Waals surface area (Å²) in [5, 5.41) is 10.8. The van der Waals surface area contributed by atoms with Gasteiger partial charge in [0.15, 0.2) is 17.3 Å². The van der Waals surface area contributed by atoms with Crippen LogP contribution in [0.2, 0.25) is 0 Å². The number of carbonyl (C=O) groups is 1. The molecule has 0 heterocycles. The summed E-state index contributed by atoms with van der Waals surface area (Å²) in [4.78, 5) is 21.3. The highest BCUT2D eigenvalue weighted by Gasteiger charge is 2.16. The van der Waals surface area contributed by atoms with E-state index >= 15 is 0 Å². The molecule has 0 unspecified atom stereocenters. The van der Waals surface area contributed by atoms with Gasteiger partial charge in [0, 0.05) is 11.6 Å². The van der Waals surface area contributed by atoms with E-state index in [-0.39, 0.29) is 28.5 Å². The molecule has 0 aromatic heterocycles. The maximum absolute atomic E-state index is 13.8. The summed E-state index contributed by atoms with van der Waals surface area (Å²) in [6.07, 6.45) is 0. The predicted octanol–water partition coefficient (Wildman–Crippen LogP) is 3.73. The third kappa shape index (κ3) is 2.80. The van der Waals surface area contributed by atoms with Crippen molar-refractivity contribution >= 4 is 11.5 Å². The normalized spacial score (nSPS) is 10.1. The van der Waals surface area contributed by atoms with E-state index < -0.39 is 10.7 Å². The Balaban J connectivity index is 2.36. The van der Waals surface area contributed by atoms with Gasteiger partial charge in [0.2, 0.25) is 5.75 Å². The smallest absolute Gasteiger partial charge is 0.311 e. The molecule has 5 nitrogen and oxygen atoms in total. The number of ether oxygens (including phenoxy) is 1. The molecule has 0 saturated carbocycles. The van der Waals surface area contributed by atoms with Crippen molar-refractivity contribution in [2.45, 2.75) is 6.92 Å². The van der Waals surface area contributed by atoms with Crippen molar-refractivity contribution < 1.29 is 18.8 Å². The zero-order chi connectivity index (χ0) is 14.7. The number of nitro groups is 1. The molecule has 0 amide bonds. The number of ketones is 1. The van der Waals surface area contributed by atoms with E-state index in [0.29, 0.717) is 0 Å². The van der Waals surface area contributed by atoms with Crippen LogP contribution >= 0.6 is 0 Å². The van der Waals surface area contributed by atoms with E-state index in [9.17, 15) is 19.3 Å². The number of Topliss-reactive ketones (excluding diaryl/α,β-unsaturated/α-hetero) is 1. The van der Waals surface area contributed by atoms with E-state index in [1.54, 1.807) is 6.07 Å². The second kappa shape index (κ2) is 5.48. The monoisotopic (exact) mass is 275 g/mol. The fourth-order valence-electron chi connectivity index (χ4n) is 1.62. The van der Waals surface area contributed by atoms with Gasteiger partial charge < -0.3 is 4.74 Å². The van der Waals surface area contributed by atoms with Crippen LogP contribution in [0.25, 0.3) is 0 Å². The highest BCUT2D eigenvalue weighted by Crippen LogP contribution is 2.32. The van der Waals surface area contributed by atoms with Crippen LogP contribution in [0.15, 0.2) is 42.5 Å². The molecule has 0 aliphatic heterocycles. The molecule has 0 radical (unpaired) electrons. The standard InChI is InChI=1S/C14H10FNO4/c1-9(17)10-6-7-13(11(15)8-10)20-14-5-3-2-4-12(14)16(18)19/h2-8H,1H3. The summed E-state index contributed by atoms with van der Waals surface area (Å²) in [6, 6.07) is 9.36. The first kappa shape index (κ1) is 13.7. The van der Waals surface area contributed by atoms with Gasteiger partial charge in [-0.25, -0.2) is 4.39 Å². The summed E-state index contributed by atoms with van der Waals surface area (Å²) in [7, 11) is 0. The zero-order valence-corrected chi connectivity index (χ0v) is 10.5.